The number of halogens is 4. The fourth-order valence-corrected chi connectivity index (χ4v) is 3.78. The summed E-state index contributed by atoms with van der Waals surface area (Å²) in [7, 11) is -4.15. The Morgan fingerprint density at radius 1 is 0.774 bits per heavy atom. The van der Waals surface area contributed by atoms with E-state index in [2.05, 4.69) is 10.0 Å². The van der Waals surface area contributed by atoms with E-state index in [-0.39, 0.29) is 24.1 Å². The van der Waals surface area contributed by atoms with Crippen molar-refractivity contribution in [3.05, 3.63) is 89.5 Å². The highest BCUT2D eigenvalue weighted by Gasteiger charge is 2.17. The molecule has 0 bridgehead atoms. The minimum Gasteiger partial charge on any atom is -0.326 e. The minimum atomic E-state index is -4.15. The van der Waals surface area contributed by atoms with Crippen molar-refractivity contribution < 1.29 is 30.8 Å². The molecular weight excluding hydrogens is 436 g/mol. The lowest BCUT2D eigenvalue weighted by molar-refractivity contribution is -0.116. The number of hydrogen-bond acceptors (Lipinski definition) is 3. The van der Waals surface area contributed by atoms with Gasteiger partial charge in [0.2, 0.25) is 5.91 Å². The highest BCUT2D eigenvalue weighted by Crippen LogP contribution is 2.20. The number of carbonyl (C=O) groups is 1. The largest absolute Gasteiger partial charge is 0.326 e. The van der Waals surface area contributed by atoms with Gasteiger partial charge in [-0.1, -0.05) is 6.07 Å². The summed E-state index contributed by atoms with van der Waals surface area (Å²) in [5, 5.41) is 2.53. The van der Waals surface area contributed by atoms with Gasteiger partial charge in [0.1, 0.15) is 11.6 Å². The number of nitrogens with one attached hydrogen (secondary N) is 2. The van der Waals surface area contributed by atoms with Gasteiger partial charge in [-0.25, -0.2) is 26.0 Å². The Kier molecular flexibility index (Phi) is 6.59. The van der Waals surface area contributed by atoms with Gasteiger partial charge in [-0.3, -0.25) is 9.52 Å². The third-order valence-corrected chi connectivity index (χ3v) is 5.66. The lowest BCUT2D eigenvalue weighted by Gasteiger charge is -2.10. The molecule has 0 aromatic heterocycles. The first-order chi connectivity index (χ1) is 14.7. The van der Waals surface area contributed by atoms with Crippen molar-refractivity contribution in [2.75, 3.05) is 10.0 Å². The molecule has 0 aliphatic heterocycles. The highest BCUT2D eigenvalue weighted by atomic mass is 32.2. The van der Waals surface area contributed by atoms with E-state index in [0.29, 0.717) is 17.8 Å². The van der Waals surface area contributed by atoms with E-state index in [1.54, 1.807) is 0 Å². The minimum absolute atomic E-state index is 0.121. The van der Waals surface area contributed by atoms with Crippen LogP contribution in [0, 0.1) is 23.3 Å². The SMILES string of the molecule is O=C(CCc1c(F)cccc1F)Nc1ccc(NS(=O)(=O)c2ccc(F)c(F)c2)cc1. The van der Waals surface area contributed by atoms with Crippen LogP contribution in [0.15, 0.2) is 65.6 Å². The quantitative estimate of drug-likeness (QED) is 0.514. The molecule has 3 aromatic carbocycles. The molecule has 3 aromatic rings. The Labute approximate surface area is 175 Å². The molecule has 162 valence electrons. The van der Waals surface area contributed by atoms with Crippen LogP contribution in [0.2, 0.25) is 0 Å². The molecule has 2 N–H and O–H groups in total. The molecule has 3 rings (SSSR count). The molecule has 0 spiro atoms. The lowest BCUT2D eigenvalue weighted by Crippen LogP contribution is -2.14. The van der Waals surface area contributed by atoms with Gasteiger partial charge in [-0.05, 0) is 61.0 Å². The van der Waals surface area contributed by atoms with Crippen LogP contribution in [0.3, 0.4) is 0 Å². The van der Waals surface area contributed by atoms with Crippen LogP contribution in [-0.4, -0.2) is 14.3 Å². The molecule has 0 aliphatic carbocycles. The number of carbonyl (C=O) groups excluding carboxylic acids is 1. The lowest BCUT2D eigenvalue weighted by atomic mass is 10.1. The van der Waals surface area contributed by atoms with Crippen molar-refractivity contribution in [1.82, 2.24) is 0 Å². The van der Waals surface area contributed by atoms with Crippen LogP contribution in [0.1, 0.15) is 12.0 Å². The Bertz CT molecular complexity index is 1200. The van der Waals surface area contributed by atoms with Crippen LogP contribution in [-0.2, 0) is 21.2 Å². The third-order valence-electron chi connectivity index (χ3n) is 4.29. The summed E-state index contributed by atoms with van der Waals surface area (Å²) >= 11 is 0. The second-order valence-electron chi connectivity index (χ2n) is 6.51. The summed E-state index contributed by atoms with van der Waals surface area (Å²) in [6.45, 7) is 0. The summed E-state index contributed by atoms with van der Waals surface area (Å²) in [5.41, 5.74) is 0.269. The zero-order chi connectivity index (χ0) is 22.6. The van der Waals surface area contributed by atoms with E-state index in [1.807, 2.05) is 0 Å². The van der Waals surface area contributed by atoms with Gasteiger partial charge in [0.25, 0.3) is 10.0 Å². The summed E-state index contributed by atoms with van der Waals surface area (Å²) in [5.74, 6) is -4.42. The van der Waals surface area contributed by atoms with Crippen molar-refractivity contribution in [2.24, 2.45) is 0 Å². The van der Waals surface area contributed by atoms with Crippen molar-refractivity contribution in [3.8, 4) is 0 Å². The van der Waals surface area contributed by atoms with Gasteiger partial charge in [-0.15, -0.1) is 0 Å². The Hall–Kier alpha value is -3.40. The number of rotatable bonds is 7. The summed E-state index contributed by atoms with van der Waals surface area (Å²) in [4.78, 5) is 11.6. The number of hydrogen-bond donors (Lipinski definition) is 2. The molecule has 0 atom stereocenters. The Morgan fingerprint density at radius 2 is 1.39 bits per heavy atom. The van der Waals surface area contributed by atoms with Crippen molar-refractivity contribution >= 4 is 27.3 Å². The number of anilines is 2. The van der Waals surface area contributed by atoms with E-state index in [1.165, 1.54) is 30.3 Å². The van der Waals surface area contributed by atoms with Crippen LogP contribution in [0.5, 0.6) is 0 Å². The fourth-order valence-electron chi connectivity index (χ4n) is 2.71. The van der Waals surface area contributed by atoms with E-state index in [4.69, 9.17) is 0 Å². The van der Waals surface area contributed by atoms with Crippen molar-refractivity contribution in [3.63, 3.8) is 0 Å². The van der Waals surface area contributed by atoms with Gasteiger partial charge in [0.05, 0.1) is 4.90 Å². The first kappa shape index (κ1) is 22.3. The zero-order valence-electron chi connectivity index (χ0n) is 15.8. The van der Waals surface area contributed by atoms with Crippen molar-refractivity contribution in [1.29, 1.82) is 0 Å². The van der Waals surface area contributed by atoms with Gasteiger partial charge in [-0.2, -0.15) is 0 Å². The average molecular weight is 452 g/mol. The van der Waals surface area contributed by atoms with Crippen LogP contribution >= 0.6 is 0 Å². The van der Waals surface area contributed by atoms with E-state index < -0.39 is 44.1 Å². The molecule has 0 saturated carbocycles. The number of sulfonamides is 1. The predicted octanol–water partition coefficient (Wildman–Crippen LogP) is 4.62. The molecule has 1 amide bonds. The molecule has 0 heterocycles. The van der Waals surface area contributed by atoms with Crippen molar-refractivity contribution in [2.45, 2.75) is 17.7 Å². The molecule has 0 fully saturated rings. The monoisotopic (exact) mass is 452 g/mol. The summed E-state index contributed by atoms with van der Waals surface area (Å²) in [6.07, 6.45) is -0.293. The Morgan fingerprint density at radius 3 is 2.00 bits per heavy atom. The molecule has 0 aliphatic rings. The summed E-state index contributed by atoms with van der Waals surface area (Å²) in [6, 6.07) is 11.2. The van der Waals surface area contributed by atoms with Crippen LogP contribution in [0.4, 0.5) is 28.9 Å². The highest BCUT2D eigenvalue weighted by molar-refractivity contribution is 7.92. The second-order valence-corrected chi connectivity index (χ2v) is 8.19. The molecular formula is C21H16F4N2O3S. The fraction of sp³-hybridized carbons (Fsp3) is 0.0952. The Balaban J connectivity index is 1.60. The molecule has 0 saturated heterocycles. The third kappa shape index (κ3) is 5.60. The summed E-state index contributed by atoms with van der Waals surface area (Å²) < 4.78 is 80.2. The standard InChI is InChI=1S/C21H16F4N2O3S/c22-17-2-1-3-18(23)16(17)9-11-21(28)26-13-4-6-14(7-5-13)27-31(29,30)15-8-10-19(24)20(25)12-15/h1-8,10,12,27H,9,11H2,(H,26,28). The molecule has 31 heavy (non-hydrogen) atoms. The normalized spacial score (nSPS) is 11.2. The van der Waals surface area contributed by atoms with E-state index in [9.17, 15) is 30.8 Å². The zero-order valence-corrected chi connectivity index (χ0v) is 16.6. The first-order valence-electron chi connectivity index (χ1n) is 8.96. The van der Waals surface area contributed by atoms with Crippen LogP contribution < -0.4 is 10.0 Å². The molecule has 5 nitrogen and oxygen atoms in total. The second kappa shape index (κ2) is 9.17. The van der Waals surface area contributed by atoms with E-state index in [0.717, 1.165) is 18.2 Å². The number of amides is 1. The maximum Gasteiger partial charge on any atom is 0.261 e. The smallest absolute Gasteiger partial charge is 0.261 e. The van der Waals surface area contributed by atoms with Crippen LogP contribution in [0.25, 0.3) is 0 Å². The van der Waals surface area contributed by atoms with Gasteiger partial charge < -0.3 is 5.32 Å². The number of benzene rings is 3. The maximum absolute atomic E-state index is 13.6. The van der Waals surface area contributed by atoms with E-state index >= 15 is 0 Å². The predicted molar refractivity (Wildman–Crippen MR) is 107 cm³/mol. The molecule has 0 radical (unpaired) electrons. The topological polar surface area (TPSA) is 75.3 Å². The maximum atomic E-state index is 13.6. The van der Waals surface area contributed by atoms with Gasteiger partial charge >= 0.3 is 0 Å². The van der Waals surface area contributed by atoms with Gasteiger partial charge in [0, 0.05) is 23.4 Å². The van der Waals surface area contributed by atoms with Gasteiger partial charge in [0.15, 0.2) is 11.6 Å². The molecule has 10 heteroatoms. The molecule has 0 unspecified atom stereocenters. The first-order valence-corrected chi connectivity index (χ1v) is 10.4. The average Bonchev–Trinajstić information content (AvgIpc) is 2.71.